The SMILES string of the molecule is CCCNc1nc(C)nc(COC)c1I. The number of anilines is 1. The normalized spacial score (nSPS) is 10.4. The summed E-state index contributed by atoms with van der Waals surface area (Å²) in [6.07, 6.45) is 1.08. The zero-order valence-electron chi connectivity index (χ0n) is 9.30. The Bertz CT molecular complexity index is 331. The number of aryl methyl sites for hydroxylation is 1. The van der Waals surface area contributed by atoms with E-state index in [4.69, 9.17) is 4.74 Å². The fourth-order valence-corrected chi connectivity index (χ4v) is 1.80. The lowest BCUT2D eigenvalue weighted by atomic mass is 10.3. The molecule has 1 N–H and O–H groups in total. The largest absolute Gasteiger partial charge is 0.378 e. The van der Waals surface area contributed by atoms with Crippen LogP contribution in [0.2, 0.25) is 0 Å². The summed E-state index contributed by atoms with van der Waals surface area (Å²) < 4.78 is 6.15. The standard InChI is InChI=1S/C10H16IN3O/c1-4-5-12-10-9(11)8(6-15-3)13-7(2)14-10/h4-6H2,1-3H3,(H,12,13,14). The fourth-order valence-electron chi connectivity index (χ4n) is 1.21. The van der Waals surface area contributed by atoms with E-state index in [2.05, 4.69) is 44.8 Å². The number of hydrogen-bond acceptors (Lipinski definition) is 4. The van der Waals surface area contributed by atoms with Gasteiger partial charge >= 0.3 is 0 Å². The second-order valence-corrected chi connectivity index (χ2v) is 4.32. The van der Waals surface area contributed by atoms with Gasteiger partial charge in [0.1, 0.15) is 11.6 Å². The second kappa shape index (κ2) is 6.22. The summed E-state index contributed by atoms with van der Waals surface area (Å²) in [6, 6.07) is 0. The predicted octanol–water partition coefficient (Wildman–Crippen LogP) is 2.36. The van der Waals surface area contributed by atoms with E-state index >= 15 is 0 Å². The van der Waals surface area contributed by atoms with Crippen LogP contribution in [0, 0.1) is 10.5 Å². The Kier molecular flexibility index (Phi) is 5.24. The number of nitrogens with one attached hydrogen (secondary N) is 1. The van der Waals surface area contributed by atoms with Gasteiger partial charge in [-0.25, -0.2) is 9.97 Å². The molecule has 0 atom stereocenters. The smallest absolute Gasteiger partial charge is 0.143 e. The van der Waals surface area contributed by atoms with Crippen molar-refractivity contribution in [3.8, 4) is 0 Å². The summed E-state index contributed by atoms with van der Waals surface area (Å²) in [6.45, 7) is 5.48. The summed E-state index contributed by atoms with van der Waals surface area (Å²) in [5.41, 5.74) is 0.948. The van der Waals surface area contributed by atoms with Gasteiger partial charge in [-0.2, -0.15) is 0 Å². The number of methoxy groups -OCH3 is 1. The molecule has 1 aromatic rings. The zero-order chi connectivity index (χ0) is 11.3. The molecular weight excluding hydrogens is 305 g/mol. The van der Waals surface area contributed by atoms with E-state index in [1.165, 1.54) is 0 Å². The van der Waals surface area contributed by atoms with Gasteiger partial charge in [0.25, 0.3) is 0 Å². The van der Waals surface area contributed by atoms with Crippen LogP contribution in [-0.4, -0.2) is 23.6 Å². The first-order chi connectivity index (χ1) is 7.19. The molecule has 5 heteroatoms. The molecule has 0 unspecified atom stereocenters. The maximum atomic E-state index is 5.10. The van der Waals surface area contributed by atoms with E-state index in [0.29, 0.717) is 6.61 Å². The second-order valence-electron chi connectivity index (χ2n) is 3.24. The van der Waals surface area contributed by atoms with Crippen LogP contribution in [0.3, 0.4) is 0 Å². The van der Waals surface area contributed by atoms with Crippen LogP contribution in [-0.2, 0) is 11.3 Å². The number of halogens is 1. The van der Waals surface area contributed by atoms with Gasteiger partial charge in [-0.15, -0.1) is 0 Å². The summed E-state index contributed by atoms with van der Waals surface area (Å²) >= 11 is 2.25. The van der Waals surface area contributed by atoms with Crippen molar-refractivity contribution in [2.24, 2.45) is 0 Å². The van der Waals surface area contributed by atoms with E-state index in [1.807, 2.05) is 6.92 Å². The van der Waals surface area contributed by atoms with Crippen molar-refractivity contribution >= 4 is 28.4 Å². The Morgan fingerprint density at radius 1 is 1.40 bits per heavy atom. The van der Waals surface area contributed by atoms with Crippen molar-refractivity contribution in [3.05, 3.63) is 15.1 Å². The molecule has 0 fully saturated rings. The summed E-state index contributed by atoms with van der Waals surface area (Å²) in [5.74, 6) is 1.69. The zero-order valence-corrected chi connectivity index (χ0v) is 11.5. The van der Waals surface area contributed by atoms with E-state index in [-0.39, 0.29) is 0 Å². The van der Waals surface area contributed by atoms with Gasteiger partial charge in [0.15, 0.2) is 0 Å². The molecule has 1 aromatic heterocycles. The Labute approximate surface area is 104 Å². The lowest BCUT2D eigenvalue weighted by Crippen LogP contribution is -2.09. The highest BCUT2D eigenvalue weighted by Crippen LogP contribution is 2.19. The molecule has 15 heavy (non-hydrogen) atoms. The third-order valence-electron chi connectivity index (χ3n) is 1.86. The van der Waals surface area contributed by atoms with Crippen molar-refractivity contribution < 1.29 is 4.74 Å². The van der Waals surface area contributed by atoms with Crippen LogP contribution in [0.5, 0.6) is 0 Å². The maximum absolute atomic E-state index is 5.10. The first-order valence-electron chi connectivity index (χ1n) is 4.94. The molecule has 0 saturated carbocycles. The maximum Gasteiger partial charge on any atom is 0.143 e. The van der Waals surface area contributed by atoms with E-state index in [1.54, 1.807) is 7.11 Å². The number of ether oxygens (including phenoxy) is 1. The molecule has 0 aromatic carbocycles. The van der Waals surface area contributed by atoms with Crippen LogP contribution in [0.4, 0.5) is 5.82 Å². The minimum Gasteiger partial charge on any atom is -0.378 e. The summed E-state index contributed by atoms with van der Waals surface area (Å²) in [7, 11) is 1.67. The predicted molar refractivity (Wildman–Crippen MR) is 69.0 cm³/mol. The van der Waals surface area contributed by atoms with Gasteiger partial charge in [-0.1, -0.05) is 6.92 Å². The molecule has 0 aliphatic carbocycles. The summed E-state index contributed by atoms with van der Waals surface area (Å²) in [5, 5.41) is 3.29. The molecule has 84 valence electrons. The highest BCUT2D eigenvalue weighted by Gasteiger charge is 2.09. The van der Waals surface area contributed by atoms with E-state index in [0.717, 1.165) is 33.9 Å². The Morgan fingerprint density at radius 3 is 2.73 bits per heavy atom. The molecule has 0 amide bonds. The highest BCUT2D eigenvalue weighted by molar-refractivity contribution is 14.1. The van der Waals surface area contributed by atoms with Crippen molar-refractivity contribution in [1.82, 2.24) is 9.97 Å². The minimum atomic E-state index is 0.530. The number of hydrogen-bond donors (Lipinski definition) is 1. The van der Waals surface area contributed by atoms with Gasteiger partial charge in [0.05, 0.1) is 15.9 Å². The van der Waals surface area contributed by atoms with Gasteiger partial charge < -0.3 is 10.1 Å². The molecule has 0 radical (unpaired) electrons. The molecule has 0 bridgehead atoms. The monoisotopic (exact) mass is 321 g/mol. The lowest BCUT2D eigenvalue weighted by Gasteiger charge is -2.10. The van der Waals surface area contributed by atoms with Crippen LogP contribution in [0.1, 0.15) is 24.9 Å². The third kappa shape index (κ3) is 3.57. The molecule has 1 rings (SSSR count). The Morgan fingerprint density at radius 2 is 2.13 bits per heavy atom. The summed E-state index contributed by atoms with van der Waals surface area (Å²) in [4.78, 5) is 8.72. The highest BCUT2D eigenvalue weighted by atomic mass is 127. The molecule has 0 aliphatic rings. The first kappa shape index (κ1) is 12.6. The van der Waals surface area contributed by atoms with Crippen molar-refractivity contribution in [2.75, 3.05) is 19.0 Å². The number of rotatable bonds is 5. The van der Waals surface area contributed by atoms with Gasteiger partial charge in [-0.3, -0.25) is 0 Å². The average molecular weight is 321 g/mol. The van der Waals surface area contributed by atoms with Crippen molar-refractivity contribution in [3.63, 3.8) is 0 Å². The van der Waals surface area contributed by atoms with E-state index in [9.17, 15) is 0 Å². The van der Waals surface area contributed by atoms with Crippen LogP contribution >= 0.6 is 22.6 Å². The number of nitrogens with zero attached hydrogens (tertiary/aromatic N) is 2. The molecular formula is C10H16IN3O. The van der Waals surface area contributed by atoms with Crippen molar-refractivity contribution in [1.29, 1.82) is 0 Å². The topological polar surface area (TPSA) is 47.0 Å². The molecule has 1 heterocycles. The molecule has 4 nitrogen and oxygen atoms in total. The molecule has 0 spiro atoms. The third-order valence-corrected chi connectivity index (χ3v) is 2.99. The number of aromatic nitrogens is 2. The van der Waals surface area contributed by atoms with Gasteiger partial charge in [0.2, 0.25) is 0 Å². The fraction of sp³-hybridized carbons (Fsp3) is 0.600. The van der Waals surface area contributed by atoms with Crippen LogP contribution in [0.15, 0.2) is 0 Å². The average Bonchev–Trinajstić information content (AvgIpc) is 2.21. The van der Waals surface area contributed by atoms with Gasteiger partial charge in [0, 0.05) is 13.7 Å². The quantitative estimate of drug-likeness (QED) is 0.846. The Hall–Kier alpha value is -0.430. The Balaban J connectivity index is 2.93. The minimum absolute atomic E-state index is 0.530. The lowest BCUT2D eigenvalue weighted by molar-refractivity contribution is 0.180. The van der Waals surface area contributed by atoms with Crippen molar-refractivity contribution in [2.45, 2.75) is 26.9 Å². The van der Waals surface area contributed by atoms with Gasteiger partial charge in [-0.05, 0) is 35.9 Å². The molecule has 0 saturated heterocycles. The first-order valence-corrected chi connectivity index (χ1v) is 6.02. The van der Waals surface area contributed by atoms with Crippen LogP contribution in [0.25, 0.3) is 0 Å². The van der Waals surface area contributed by atoms with Crippen LogP contribution < -0.4 is 5.32 Å². The molecule has 0 aliphatic heterocycles. The van der Waals surface area contributed by atoms with E-state index < -0.39 is 0 Å².